The molecule has 1 atom stereocenters. The number of nitrogens with zero attached hydrogens (tertiary/aromatic N) is 2. The quantitative estimate of drug-likeness (QED) is 0.647. The molecule has 0 radical (unpaired) electrons. The number of hydrogen-bond acceptors (Lipinski definition) is 4. The van der Waals surface area contributed by atoms with Crippen molar-refractivity contribution in [3.63, 3.8) is 0 Å². The van der Waals surface area contributed by atoms with Gasteiger partial charge in [-0.3, -0.25) is 10.00 Å². The van der Waals surface area contributed by atoms with Crippen molar-refractivity contribution < 1.29 is 9.84 Å². The van der Waals surface area contributed by atoms with Crippen LogP contribution in [0.2, 0.25) is 5.02 Å². The topological polar surface area (TPSA) is 61.4 Å². The summed E-state index contributed by atoms with van der Waals surface area (Å²) in [6.07, 6.45) is 4.16. The van der Waals surface area contributed by atoms with E-state index in [-0.39, 0.29) is 5.75 Å². The lowest BCUT2D eigenvalue weighted by Gasteiger charge is -2.32. The average Bonchev–Trinajstić information content (AvgIpc) is 3.19. The van der Waals surface area contributed by atoms with E-state index in [2.05, 4.69) is 15.1 Å². The first-order valence-electron chi connectivity index (χ1n) is 9.51. The van der Waals surface area contributed by atoms with Gasteiger partial charge in [0.1, 0.15) is 0 Å². The lowest BCUT2D eigenvalue weighted by Crippen LogP contribution is -2.34. The van der Waals surface area contributed by atoms with Crippen LogP contribution in [0.15, 0.2) is 48.7 Å². The van der Waals surface area contributed by atoms with Crippen molar-refractivity contribution in [1.82, 2.24) is 15.1 Å². The van der Waals surface area contributed by atoms with E-state index in [1.807, 2.05) is 42.6 Å². The molecule has 2 aromatic carbocycles. The average molecular weight is 398 g/mol. The molecular weight excluding hydrogens is 374 g/mol. The molecule has 2 N–H and O–H groups in total. The summed E-state index contributed by atoms with van der Waals surface area (Å²) in [7, 11) is 1.56. The van der Waals surface area contributed by atoms with Gasteiger partial charge in [0.2, 0.25) is 0 Å². The van der Waals surface area contributed by atoms with Crippen molar-refractivity contribution in [2.45, 2.75) is 25.3 Å². The van der Waals surface area contributed by atoms with Crippen molar-refractivity contribution in [3.8, 4) is 22.6 Å². The van der Waals surface area contributed by atoms with E-state index < -0.39 is 0 Å². The van der Waals surface area contributed by atoms with Crippen molar-refractivity contribution in [3.05, 3.63) is 64.9 Å². The highest BCUT2D eigenvalue weighted by molar-refractivity contribution is 6.30. The number of nitrogens with one attached hydrogen (secondary N) is 1. The zero-order valence-electron chi connectivity index (χ0n) is 15.9. The first-order chi connectivity index (χ1) is 13.6. The Morgan fingerprint density at radius 3 is 2.82 bits per heavy atom. The van der Waals surface area contributed by atoms with Gasteiger partial charge in [-0.15, -0.1) is 0 Å². The Balaban J connectivity index is 1.50. The largest absolute Gasteiger partial charge is 0.504 e. The second-order valence-corrected chi connectivity index (χ2v) is 7.72. The van der Waals surface area contributed by atoms with Crippen LogP contribution in [0.1, 0.15) is 30.0 Å². The second-order valence-electron chi connectivity index (χ2n) is 7.28. The molecule has 1 saturated heterocycles. The van der Waals surface area contributed by atoms with E-state index in [1.54, 1.807) is 13.2 Å². The number of phenolic OH excluding ortho intramolecular Hbond substituents is 1. The number of aromatic amines is 1. The molecule has 0 bridgehead atoms. The Bertz CT molecular complexity index is 939. The molecule has 5 nitrogen and oxygen atoms in total. The molecule has 4 rings (SSSR count). The van der Waals surface area contributed by atoms with Crippen LogP contribution in [0.5, 0.6) is 11.5 Å². The summed E-state index contributed by atoms with van der Waals surface area (Å²) in [5.74, 6) is 1.09. The highest BCUT2D eigenvalue weighted by atomic mass is 35.5. The fourth-order valence-electron chi connectivity index (χ4n) is 3.99. The van der Waals surface area contributed by atoms with Gasteiger partial charge < -0.3 is 9.84 Å². The summed E-state index contributed by atoms with van der Waals surface area (Å²) in [4.78, 5) is 2.43. The predicted molar refractivity (Wildman–Crippen MR) is 111 cm³/mol. The van der Waals surface area contributed by atoms with E-state index in [1.165, 1.54) is 5.69 Å². The Morgan fingerprint density at radius 2 is 2.07 bits per heavy atom. The first kappa shape index (κ1) is 18.8. The third-order valence-corrected chi connectivity index (χ3v) is 5.64. The SMILES string of the molecule is COc1ccc(CN2CCC[C@H](c3[nH]ncc3-c3ccc(Cl)cc3)C2)cc1O. The van der Waals surface area contributed by atoms with Crippen LogP contribution in [0, 0.1) is 0 Å². The first-order valence-corrected chi connectivity index (χ1v) is 9.89. The maximum atomic E-state index is 10.0. The van der Waals surface area contributed by atoms with Crippen LogP contribution in [0.25, 0.3) is 11.1 Å². The maximum absolute atomic E-state index is 10.0. The minimum absolute atomic E-state index is 0.187. The van der Waals surface area contributed by atoms with Gasteiger partial charge in [-0.25, -0.2) is 0 Å². The van der Waals surface area contributed by atoms with Gasteiger partial charge in [0, 0.05) is 35.3 Å². The lowest BCUT2D eigenvalue weighted by molar-refractivity contribution is 0.198. The van der Waals surface area contributed by atoms with Crippen LogP contribution in [-0.2, 0) is 6.54 Å². The lowest BCUT2D eigenvalue weighted by atomic mass is 9.90. The summed E-state index contributed by atoms with van der Waals surface area (Å²) in [6.45, 7) is 2.81. The molecular formula is C22H24ClN3O2. The highest BCUT2D eigenvalue weighted by Crippen LogP contribution is 2.34. The van der Waals surface area contributed by atoms with Crippen molar-refractivity contribution in [2.24, 2.45) is 0 Å². The van der Waals surface area contributed by atoms with Crippen LogP contribution >= 0.6 is 11.6 Å². The third-order valence-electron chi connectivity index (χ3n) is 5.39. The fourth-order valence-corrected chi connectivity index (χ4v) is 4.12. The van der Waals surface area contributed by atoms with Gasteiger partial charge in [0.25, 0.3) is 0 Å². The third kappa shape index (κ3) is 4.01. The molecule has 6 heteroatoms. The molecule has 1 aromatic heterocycles. The van der Waals surface area contributed by atoms with Gasteiger partial charge in [-0.05, 0) is 54.8 Å². The summed E-state index contributed by atoms with van der Waals surface area (Å²) < 4.78 is 5.14. The Kier molecular flexibility index (Phi) is 5.55. The number of benzene rings is 2. The Labute approximate surface area is 169 Å². The molecule has 0 spiro atoms. The molecule has 2 heterocycles. The Morgan fingerprint density at radius 1 is 1.25 bits per heavy atom. The minimum Gasteiger partial charge on any atom is -0.504 e. The number of ether oxygens (including phenoxy) is 1. The van der Waals surface area contributed by atoms with Crippen molar-refractivity contribution >= 4 is 11.6 Å². The summed E-state index contributed by atoms with van der Waals surface area (Å²) in [6, 6.07) is 13.5. The highest BCUT2D eigenvalue weighted by Gasteiger charge is 2.25. The predicted octanol–water partition coefficient (Wildman–Crippen LogP) is 4.82. The van der Waals surface area contributed by atoms with E-state index in [9.17, 15) is 5.11 Å². The second kappa shape index (κ2) is 8.25. The van der Waals surface area contributed by atoms with E-state index >= 15 is 0 Å². The molecule has 3 aromatic rings. The number of piperidine rings is 1. The zero-order chi connectivity index (χ0) is 19.5. The van der Waals surface area contributed by atoms with Crippen LogP contribution in [-0.4, -0.2) is 40.4 Å². The van der Waals surface area contributed by atoms with Crippen LogP contribution in [0.3, 0.4) is 0 Å². The molecule has 0 unspecified atom stereocenters. The van der Waals surface area contributed by atoms with E-state index in [0.29, 0.717) is 11.7 Å². The molecule has 1 aliphatic heterocycles. The van der Waals surface area contributed by atoms with Gasteiger partial charge in [0.15, 0.2) is 11.5 Å². The zero-order valence-corrected chi connectivity index (χ0v) is 16.6. The maximum Gasteiger partial charge on any atom is 0.160 e. The number of aromatic nitrogens is 2. The van der Waals surface area contributed by atoms with E-state index in [4.69, 9.17) is 16.3 Å². The van der Waals surface area contributed by atoms with Gasteiger partial charge >= 0.3 is 0 Å². The van der Waals surface area contributed by atoms with Crippen LogP contribution in [0.4, 0.5) is 0 Å². The van der Waals surface area contributed by atoms with Crippen molar-refractivity contribution in [1.29, 1.82) is 0 Å². The number of phenols is 1. The number of halogens is 1. The number of H-pyrrole nitrogens is 1. The Hall–Kier alpha value is -2.50. The number of likely N-dealkylation sites (tertiary alicyclic amines) is 1. The van der Waals surface area contributed by atoms with Gasteiger partial charge in [0.05, 0.1) is 13.3 Å². The fraction of sp³-hybridized carbons (Fsp3) is 0.318. The molecule has 0 aliphatic carbocycles. The smallest absolute Gasteiger partial charge is 0.160 e. The molecule has 28 heavy (non-hydrogen) atoms. The summed E-state index contributed by atoms with van der Waals surface area (Å²) in [5, 5.41) is 18.3. The normalized spacial score (nSPS) is 17.6. The standard InChI is InChI=1S/C22H24ClN3O2/c1-28-21-9-4-15(11-20(21)27)13-26-10-2-3-17(14-26)22-19(12-24-25-22)16-5-7-18(23)8-6-16/h4-9,11-12,17,27H,2-3,10,13-14H2,1H3,(H,24,25)/t17-/m0/s1. The molecule has 0 saturated carbocycles. The summed E-state index contributed by atoms with van der Waals surface area (Å²) in [5.41, 5.74) is 4.54. The van der Waals surface area contributed by atoms with Gasteiger partial charge in [-0.1, -0.05) is 29.8 Å². The van der Waals surface area contributed by atoms with Gasteiger partial charge in [-0.2, -0.15) is 5.10 Å². The minimum atomic E-state index is 0.187. The molecule has 1 aliphatic rings. The molecule has 146 valence electrons. The molecule has 0 amide bonds. The van der Waals surface area contributed by atoms with E-state index in [0.717, 1.165) is 54.2 Å². The number of rotatable bonds is 5. The monoisotopic (exact) mass is 397 g/mol. The molecule has 1 fully saturated rings. The number of aromatic hydroxyl groups is 1. The number of methoxy groups -OCH3 is 1. The number of hydrogen-bond donors (Lipinski definition) is 2. The van der Waals surface area contributed by atoms with Crippen molar-refractivity contribution in [2.75, 3.05) is 20.2 Å². The van der Waals surface area contributed by atoms with Crippen LogP contribution < -0.4 is 4.74 Å². The summed E-state index contributed by atoms with van der Waals surface area (Å²) >= 11 is 6.03.